The van der Waals surface area contributed by atoms with E-state index < -0.39 is 0 Å². The van der Waals surface area contributed by atoms with Gasteiger partial charge in [-0.3, -0.25) is 4.79 Å². The van der Waals surface area contributed by atoms with Crippen LogP contribution in [0.2, 0.25) is 0 Å². The zero-order valence-electron chi connectivity index (χ0n) is 10.2. The van der Waals surface area contributed by atoms with Crippen LogP contribution in [0.25, 0.3) is 0 Å². The Morgan fingerprint density at radius 2 is 2.00 bits per heavy atom. The Kier molecular flexibility index (Phi) is 3.48. The first-order chi connectivity index (χ1) is 8.18. The van der Waals surface area contributed by atoms with Crippen molar-refractivity contribution in [3.8, 4) is 0 Å². The molecule has 0 heterocycles. The van der Waals surface area contributed by atoms with E-state index in [0.717, 1.165) is 19.3 Å². The third-order valence-corrected chi connectivity index (χ3v) is 3.47. The molecule has 0 aromatic heterocycles. The van der Waals surface area contributed by atoms with Crippen LogP contribution in [0.4, 0.5) is 0 Å². The van der Waals surface area contributed by atoms with Crippen LogP contribution >= 0.6 is 0 Å². The average molecular weight is 233 g/mol. The topological polar surface area (TPSA) is 40.5 Å². The molecular formula is C14H19NO2. The number of hydrogen-bond acceptors (Lipinski definition) is 2. The highest BCUT2D eigenvalue weighted by atomic mass is 16.3. The van der Waals surface area contributed by atoms with Crippen molar-refractivity contribution in [1.82, 2.24) is 4.90 Å². The molecule has 0 unspecified atom stereocenters. The maximum atomic E-state index is 12.2. The highest BCUT2D eigenvalue weighted by Gasteiger charge is 2.50. The molecule has 17 heavy (non-hydrogen) atoms. The number of aliphatic hydroxyl groups is 1. The van der Waals surface area contributed by atoms with Crippen LogP contribution in [0.1, 0.15) is 18.4 Å². The standard InChI is InChI=1S/C14H19NO2/c1-15(9-10-16)13(17)14(7-8-14)11-12-5-3-2-4-6-12/h2-6,16H,7-11H2,1H3. The lowest BCUT2D eigenvalue weighted by Crippen LogP contribution is -2.37. The average Bonchev–Trinajstić information content (AvgIpc) is 3.11. The van der Waals surface area contributed by atoms with Crippen LogP contribution in [0, 0.1) is 5.41 Å². The Hall–Kier alpha value is -1.35. The highest BCUT2D eigenvalue weighted by Crippen LogP contribution is 2.49. The smallest absolute Gasteiger partial charge is 0.228 e. The normalized spacial score (nSPS) is 16.6. The summed E-state index contributed by atoms with van der Waals surface area (Å²) in [6.45, 7) is 0.457. The summed E-state index contributed by atoms with van der Waals surface area (Å²) in [5.74, 6) is 0.176. The molecule has 1 aliphatic rings. The molecule has 0 radical (unpaired) electrons. The lowest BCUT2D eigenvalue weighted by molar-refractivity contribution is -0.136. The molecule has 1 N–H and O–H groups in total. The summed E-state index contributed by atoms with van der Waals surface area (Å²) in [5, 5.41) is 8.87. The van der Waals surface area contributed by atoms with Crippen LogP contribution in [-0.2, 0) is 11.2 Å². The zero-order valence-corrected chi connectivity index (χ0v) is 10.2. The number of hydrogen-bond donors (Lipinski definition) is 1. The first kappa shape index (κ1) is 12.1. The monoisotopic (exact) mass is 233 g/mol. The van der Waals surface area contributed by atoms with E-state index in [1.54, 1.807) is 11.9 Å². The molecule has 92 valence electrons. The second-order valence-corrected chi connectivity index (χ2v) is 4.89. The fourth-order valence-corrected chi connectivity index (χ4v) is 2.26. The second kappa shape index (κ2) is 4.88. The van der Waals surface area contributed by atoms with E-state index in [4.69, 9.17) is 5.11 Å². The quantitative estimate of drug-likeness (QED) is 0.836. The van der Waals surface area contributed by atoms with Crippen LogP contribution in [0.5, 0.6) is 0 Å². The Morgan fingerprint density at radius 3 is 2.53 bits per heavy atom. The Morgan fingerprint density at radius 1 is 1.35 bits per heavy atom. The van der Waals surface area contributed by atoms with Crippen molar-refractivity contribution >= 4 is 5.91 Å². The predicted molar refractivity (Wildman–Crippen MR) is 66.5 cm³/mol. The van der Waals surface area contributed by atoms with E-state index in [-0.39, 0.29) is 17.9 Å². The Labute approximate surface area is 102 Å². The van der Waals surface area contributed by atoms with Gasteiger partial charge in [-0.2, -0.15) is 0 Å². The predicted octanol–water partition coefficient (Wildman–Crippen LogP) is 1.46. The number of nitrogens with zero attached hydrogens (tertiary/aromatic N) is 1. The molecule has 2 rings (SSSR count). The molecule has 0 atom stereocenters. The van der Waals surface area contributed by atoms with Gasteiger partial charge in [0.25, 0.3) is 0 Å². The number of benzene rings is 1. The van der Waals surface area contributed by atoms with E-state index >= 15 is 0 Å². The summed E-state index contributed by atoms with van der Waals surface area (Å²) in [5.41, 5.74) is 1.03. The lowest BCUT2D eigenvalue weighted by atomic mass is 9.95. The van der Waals surface area contributed by atoms with E-state index in [1.807, 2.05) is 18.2 Å². The van der Waals surface area contributed by atoms with Crippen molar-refractivity contribution in [2.45, 2.75) is 19.3 Å². The Balaban J connectivity index is 2.02. The minimum Gasteiger partial charge on any atom is -0.395 e. The number of likely N-dealkylation sites (N-methyl/N-ethyl adjacent to an activating group) is 1. The van der Waals surface area contributed by atoms with Crippen LogP contribution in [0.15, 0.2) is 30.3 Å². The molecule has 1 aliphatic carbocycles. The molecule has 0 aliphatic heterocycles. The van der Waals surface area contributed by atoms with Gasteiger partial charge in [0.15, 0.2) is 0 Å². The number of rotatable bonds is 5. The summed E-state index contributed by atoms with van der Waals surface area (Å²) in [6, 6.07) is 10.1. The first-order valence-electron chi connectivity index (χ1n) is 6.08. The fraction of sp³-hybridized carbons (Fsp3) is 0.500. The lowest BCUT2D eigenvalue weighted by Gasteiger charge is -2.22. The molecular weight excluding hydrogens is 214 g/mol. The van der Waals surface area contributed by atoms with Crippen LogP contribution < -0.4 is 0 Å². The van der Waals surface area contributed by atoms with Gasteiger partial charge in [-0.25, -0.2) is 0 Å². The maximum absolute atomic E-state index is 12.2. The third kappa shape index (κ3) is 2.67. The van der Waals surface area contributed by atoms with E-state index in [2.05, 4.69) is 12.1 Å². The van der Waals surface area contributed by atoms with Gasteiger partial charge < -0.3 is 10.0 Å². The summed E-state index contributed by atoms with van der Waals surface area (Å²) in [6.07, 6.45) is 2.76. The molecule has 0 saturated heterocycles. The molecule has 3 nitrogen and oxygen atoms in total. The number of carbonyl (C=O) groups excluding carboxylic acids is 1. The third-order valence-electron chi connectivity index (χ3n) is 3.47. The highest BCUT2D eigenvalue weighted by molar-refractivity contribution is 5.85. The second-order valence-electron chi connectivity index (χ2n) is 4.89. The van der Waals surface area contributed by atoms with Gasteiger partial charge in [-0.15, -0.1) is 0 Å². The van der Waals surface area contributed by atoms with Gasteiger partial charge in [0, 0.05) is 13.6 Å². The van der Waals surface area contributed by atoms with Crippen molar-refractivity contribution in [2.24, 2.45) is 5.41 Å². The van der Waals surface area contributed by atoms with Gasteiger partial charge in [0.2, 0.25) is 5.91 Å². The van der Waals surface area contributed by atoms with Gasteiger partial charge >= 0.3 is 0 Å². The molecule has 0 bridgehead atoms. The minimum absolute atomic E-state index is 0.0314. The molecule has 1 aromatic rings. The summed E-state index contributed by atoms with van der Waals surface area (Å²) in [7, 11) is 1.77. The van der Waals surface area contributed by atoms with Gasteiger partial charge in [0.05, 0.1) is 12.0 Å². The van der Waals surface area contributed by atoms with Gasteiger partial charge in [-0.05, 0) is 24.8 Å². The molecule has 0 spiro atoms. The molecule has 1 saturated carbocycles. The Bertz CT molecular complexity index is 384. The maximum Gasteiger partial charge on any atom is 0.228 e. The molecule has 1 fully saturated rings. The van der Waals surface area contributed by atoms with Crippen molar-refractivity contribution in [3.63, 3.8) is 0 Å². The zero-order chi connectivity index (χ0) is 12.3. The summed E-state index contributed by atoms with van der Waals surface area (Å²) in [4.78, 5) is 13.9. The van der Waals surface area contributed by atoms with Crippen LogP contribution in [-0.4, -0.2) is 36.1 Å². The number of amides is 1. The van der Waals surface area contributed by atoms with Crippen LogP contribution in [0.3, 0.4) is 0 Å². The SMILES string of the molecule is CN(CCO)C(=O)C1(Cc2ccccc2)CC1. The number of carbonyl (C=O) groups is 1. The van der Waals surface area contributed by atoms with Crippen molar-refractivity contribution in [3.05, 3.63) is 35.9 Å². The van der Waals surface area contributed by atoms with E-state index in [9.17, 15) is 4.79 Å². The van der Waals surface area contributed by atoms with Gasteiger partial charge in [-0.1, -0.05) is 30.3 Å². The molecule has 3 heteroatoms. The largest absolute Gasteiger partial charge is 0.395 e. The number of aliphatic hydroxyl groups excluding tert-OH is 1. The minimum atomic E-state index is -0.189. The van der Waals surface area contributed by atoms with Crippen molar-refractivity contribution in [1.29, 1.82) is 0 Å². The molecule has 1 amide bonds. The van der Waals surface area contributed by atoms with E-state index in [0.29, 0.717) is 6.54 Å². The molecule has 1 aromatic carbocycles. The first-order valence-corrected chi connectivity index (χ1v) is 6.08. The summed E-state index contributed by atoms with van der Waals surface area (Å²) >= 11 is 0. The van der Waals surface area contributed by atoms with Crippen molar-refractivity contribution in [2.75, 3.05) is 20.2 Å². The fourth-order valence-electron chi connectivity index (χ4n) is 2.26. The van der Waals surface area contributed by atoms with E-state index in [1.165, 1.54) is 5.56 Å². The van der Waals surface area contributed by atoms with Gasteiger partial charge in [0.1, 0.15) is 0 Å². The van der Waals surface area contributed by atoms with Crippen molar-refractivity contribution < 1.29 is 9.90 Å². The summed E-state index contributed by atoms with van der Waals surface area (Å²) < 4.78 is 0.